The minimum Gasteiger partial charge on any atom is -0.353 e. The number of benzene rings is 1. The molecule has 7 nitrogen and oxygen atoms in total. The van der Waals surface area contributed by atoms with Crippen molar-refractivity contribution in [2.75, 3.05) is 32.7 Å². The molecule has 0 aromatic heterocycles. The summed E-state index contributed by atoms with van der Waals surface area (Å²) in [5.74, 6) is 0.342. The quantitative estimate of drug-likeness (QED) is 0.748. The molecular formula is C24H36N4O3. The SMILES string of the molecule is CC(C)CC(=O)N1Cc2ccccc2CC1C(=O)N1CCN(CC(=O)NC(C)C)CC1. The molecule has 7 heteroatoms. The molecule has 1 N–H and O–H groups in total. The summed E-state index contributed by atoms with van der Waals surface area (Å²) in [4.78, 5) is 44.2. The first-order valence-electron chi connectivity index (χ1n) is 11.4. The van der Waals surface area contributed by atoms with Crippen molar-refractivity contribution in [3.63, 3.8) is 0 Å². The van der Waals surface area contributed by atoms with E-state index in [0.717, 1.165) is 11.1 Å². The Balaban J connectivity index is 1.66. The number of hydrogen-bond acceptors (Lipinski definition) is 4. The third-order valence-electron chi connectivity index (χ3n) is 5.94. The molecule has 0 bridgehead atoms. The van der Waals surface area contributed by atoms with Gasteiger partial charge in [0.1, 0.15) is 6.04 Å². The summed E-state index contributed by atoms with van der Waals surface area (Å²) in [7, 11) is 0. The number of nitrogens with one attached hydrogen (secondary N) is 1. The second-order valence-corrected chi connectivity index (χ2v) is 9.43. The normalized spacial score (nSPS) is 19.5. The Morgan fingerprint density at radius 1 is 1.00 bits per heavy atom. The third kappa shape index (κ3) is 6.06. The van der Waals surface area contributed by atoms with E-state index in [1.54, 1.807) is 4.90 Å². The maximum atomic E-state index is 13.5. The van der Waals surface area contributed by atoms with Gasteiger partial charge in [-0.1, -0.05) is 38.1 Å². The van der Waals surface area contributed by atoms with Gasteiger partial charge in [-0.3, -0.25) is 19.3 Å². The Hall–Kier alpha value is -2.41. The maximum absolute atomic E-state index is 13.5. The van der Waals surface area contributed by atoms with Gasteiger partial charge in [0.15, 0.2) is 0 Å². The lowest BCUT2D eigenvalue weighted by Crippen LogP contribution is -2.58. The number of piperazine rings is 1. The smallest absolute Gasteiger partial charge is 0.245 e. The van der Waals surface area contributed by atoms with Gasteiger partial charge in [-0.25, -0.2) is 0 Å². The number of rotatable bonds is 6. The van der Waals surface area contributed by atoms with Crippen LogP contribution < -0.4 is 5.32 Å². The summed E-state index contributed by atoms with van der Waals surface area (Å²) in [6, 6.07) is 7.77. The van der Waals surface area contributed by atoms with Gasteiger partial charge in [-0.05, 0) is 30.9 Å². The summed E-state index contributed by atoms with van der Waals surface area (Å²) in [5, 5.41) is 2.91. The zero-order valence-corrected chi connectivity index (χ0v) is 19.3. The minimum atomic E-state index is -0.447. The Labute approximate surface area is 185 Å². The lowest BCUT2D eigenvalue weighted by molar-refractivity contribution is -0.148. The molecule has 1 aromatic carbocycles. The van der Waals surface area contributed by atoms with Crippen LogP contribution in [0.5, 0.6) is 0 Å². The number of carbonyl (C=O) groups is 3. The number of amides is 3. The van der Waals surface area contributed by atoms with Gasteiger partial charge in [-0.15, -0.1) is 0 Å². The van der Waals surface area contributed by atoms with E-state index < -0.39 is 6.04 Å². The highest BCUT2D eigenvalue weighted by molar-refractivity contribution is 5.88. The van der Waals surface area contributed by atoms with Crippen LogP contribution in [0.1, 0.15) is 45.2 Å². The molecule has 170 valence electrons. The van der Waals surface area contributed by atoms with Crippen molar-refractivity contribution in [1.82, 2.24) is 20.0 Å². The zero-order chi connectivity index (χ0) is 22.5. The van der Waals surface area contributed by atoms with Crippen LogP contribution in [-0.4, -0.2) is 77.2 Å². The van der Waals surface area contributed by atoms with Crippen molar-refractivity contribution in [2.24, 2.45) is 5.92 Å². The van der Waals surface area contributed by atoms with Crippen LogP contribution >= 0.6 is 0 Å². The van der Waals surface area contributed by atoms with E-state index in [1.807, 2.05) is 50.8 Å². The Morgan fingerprint density at radius 2 is 1.65 bits per heavy atom. The molecule has 31 heavy (non-hydrogen) atoms. The van der Waals surface area contributed by atoms with Crippen molar-refractivity contribution in [3.05, 3.63) is 35.4 Å². The fourth-order valence-electron chi connectivity index (χ4n) is 4.38. The third-order valence-corrected chi connectivity index (χ3v) is 5.94. The molecule has 1 atom stereocenters. The predicted molar refractivity (Wildman–Crippen MR) is 120 cm³/mol. The molecule has 1 fully saturated rings. The molecule has 2 heterocycles. The van der Waals surface area contributed by atoms with Crippen LogP contribution in [0.2, 0.25) is 0 Å². The topological polar surface area (TPSA) is 73.0 Å². The monoisotopic (exact) mass is 428 g/mol. The highest BCUT2D eigenvalue weighted by Gasteiger charge is 2.37. The first kappa shape index (κ1) is 23.3. The molecule has 0 radical (unpaired) electrons. The van der Waals surface area contributed by atoms with Crippen molar-refractivity contribution >= 4 is 17.7 Å². The average Bonchev–Trinajstić information content (AvgIpc) is 2.71. The molecule has 0 spiro atoms. The summed E-state index contributed by atoms with van der Waals surface area (Å²) < 4.78 is 0. The highest BCUT2D eigenvalue weighted by Crippen LogP contribution is 2.26. The van der Waals surface area contributed by atoms with E-state index in [4.69, 9.17) is 0 Å². The van der Waals surface area contributed by atoms with Crippen LogP contribution in [-0.2, 0) is 27.3 Å². The summed E-state index contributed by atoms with van der Waals surface area (Å²) >= 11 is 0. The Morgan fingerprint density at radius 3 is 2.26 bits per heavy atom. The largest absolute Gasteiger partial charge is 0.353 e. The van der Waals surface area contributed by atoms with Crippen molar-refractivity contribution in [1.29, 1.82) is 0 Å². The lowest BCUT2D eigenvalue weighted by Gasteiger charge is -2.41. The number of hydrogen-bond donors (Lipinski definition) is 1. The van der Waals surface area contributed by atoms with Gasteiger partial charge in [0.2, 0.25) is 17.7 Å². The van der Waals surface area contributed by atoms with Crippen molar-refractivity contribution in [3.8, 4) is 0 Å². The summed E-state index contributed by atoms with van der Waals surface area (Å²) in [6.45, 7) is 11.3. The first-order valence-corrected chi connectivity index (χ1v) is 11.4. The van der Waals surface area contributed by atoms with E-state index in [1.165, 1.54) is 0 Å². The van der Waals surface area contributed by atoms with Crippen LogP contribution in [0.4, 0.5) is 0 Å². The molecule has 1 aromatic rings. The van der Waals surface area contributed by atoms with E-state index >= 15 is 0 Å². The number of fused-ring (bicyclic) bond motifs is 1. The van der Waals surface area contributed by atoms with Crippen LogP contribution in [0.15, 0.2) is 24.3 Å². The average molecular weight is 429 g/mol. The minimum absolute atomic E-state index is 0.0177. The van der Waals surface area contributed by atoms with Gasteiger partial charge in [0, 0.05) is 51.6 Å². The van der Waals surface area contributed by atoms with Crippen LogP contribution in [0.3, 0.4) is 0 Å². The molecule has 2 aliphatic rings. The first-order chi connectivity index (χ1) is 14.7. The van der Waals surface area contributed by atoms with Gasteiger partial charge in [0.05, 0.1) is 6.54 Å². The summed E-state index contributed by atoms with van der Waals surface area (Å²) in [6.07, 6.45) is 1.01. The molecule has 0 aliphatic carbocycles. The van der Waals surface area contributed by atoms with Crippen LogP contribution in [0.25, 0.3) is 0 Å². The lowest BCUT2D eigenvalue weighted by atomic mass is 9.92. The molecule has 0 saturated carbocycles. The number of nitrogens with zero attached hydrogens (tertiary/aromatic N) is 3. The number of carbonyl (C=O) groups excluding carboxylic acids is 3. The molecule has 3 rings (SSSR count). The molecule has 2 aliphatic heterocycles. The Bertz CT molecular complexity index is 800. The van der Waals surface area contributed by atoms with Gasteiger partial charge < -0.3 is 15.1 Å². The molecule has 3 amide bonds. The second-order valence-electron chi connectivity index (χ2n) is 9.43. The summed E-state index contributed by atoms with van der Waals surface area (Å²) in [5.41, 5.74) is 2.28. The fourth-order valence-corrected chi connectivity index (χ4v) is 4.38. The molecule has 1 unspecified atom stereocenters. The second kappa shape index (κ2) is 10.3. The van der Waals surface area contributed by atoms with Crippen molar-refractivity contribution < 1.29 is 14.4 Å². The molecular weight excluding hydrogens is 392 g/mol. The van der Waals surface area contributed by atoms with Crippen molar-refractivity contribution in [2.45, 2.75) is 59.2 Å². The fraction of sp³-hybridized carbons (Fsp3) is 0.625. The van der Waals surface area contributed by atoms with E-state index in [-0.39, 0.29) is 29.7 Å². The highest BCUT2D eigenvalue weighted by atomic mass is 16.2. The van der Waals surface area contributed by atoms with Crippen LogP contribution in [0, 0.1) is 5.92 Å². The predicted octanol–water partition coefficient (Wildman–Crippen LogP) is 1.65. The molecule has 1 saturated heterocycles. The zero-order valence-electron chi connectivity index (χ0n) is 19.3. The maximum Gasteiger partial charge on any atom is 0.245 e. The standard InChI is InChI=1S/C24H36N4O3/c1-17(2)13-23(30)28-15-20-8-6-5-7-19(20)14-21(28)24(31)27-11-9-26(10-12-27)16-22(29)25-18(3)4/h5-8,17-18,21H,9-16H2,1-4H3,(H,25,29). The van der Waals surface area contributed by atoms with Gasteiger partial charge >= 0.3 is 0 Å². The van der Waals surface area contributed by atoms with Gasteiger partial charge in [-0.2, -0.15) is 0 Å². The van der Waals surface area contributed by atoms with E-state index in [2.05, 4.69) is 16.3 Å². The van der Waals surface area contributed by atoms with Gasteiger partial charge in [0.25, 0.3) is 0 Å². The van der Waals surface area contributed by atoms with E-state index in [0.29, 0.717) is 52.1 Å². The Kier molecular flexibility index (Phi) is 7.70. The van der Waals surface area contributed by atoms with E-state index in [9.17, 15) is 14.4 Å².